The second-order valence-corrected chi connectivity index (χ2v) is 4.13. The SMILES string of the molecule is CC(=O)c1cc(F)ccc1-c1ccccc1Cl. The van der Waals surface area contributed by atoms with Crippen molar-refractivity contribution in [2.24, 2.45) is 0 Å². The summed E-state index contributed by atoms with van der Waals surface area (Å²) < 4.78 is 13.1. The molecular formula is C14H10ClFO. The van der Waals surface area contributed by atoms with Crippen LogP contribution in [0.15, 0.2) is 42.5 Å². The van der Waals surface area contributed by atoms with Crippen LogP contribution in [0.2, 0.25) is 5.02 Å². The maximum atomic E-state index is 13.1. The summed E-state index contributed by atoms with van der Waals surface area (Å²) in [6, 6.07) is 11.3. The highest BCUT2D eigenvalue weighted by atomic mass is 35.5. The predicted octanol–water partition coefficient (Wildman–Crippen LogP) is 4.35. The first kappa shape index (κ1) is 11.8. The summed E-state index contributed by atoms with van der Waals surface area (Å²) in [5, 5.41) is 0.543. The number of halogens is 2. The Labute approximate surface area is 104 Å². The summed E-state index contributed by atoms with van der Waals surface area (Å²) in [6.07, 6.45) is 0. The highest BCUT2D eigenvalue weighted by Crippen LogP contribution is 2.30. The molecule has 0 bridgehead atoms. The van der Waals surface area contributed by atoms with Crippen molar-refractivity contribution in [3.05, 3.63) is 58.9 Å². The average Bonchev–Trinajstić information content (AvgIpc) is 2.30. The van der Waals surface area contributed by atoms with Crippen LogP contribution < -0.4 is 0 Å². The Hall–Kier alpha value is -1.67. The van der Waals surface area contributed by atoms with Crippen molar-refractivity contribution in [2.75, 3.05) is 0 Å². The summed E-state index contributed by atoms with van der Waals surface area (Å²) in [5.74, 6) is -0.606. The lowest BCUT2D eigenvalue weighted by molar-refractivity contribution is 0.101. The molecule has 0 aliphatic heterocycles. The third-order valence-electron chi connectivity index (χ3n) is 2.52. The van der Waals surface area contributed by atoms with Crippen LogP contribution in [0.3, 0.4) is 0 Å². The van der Waals surface area contributed by atoms with Gasteiger partial charge in [-0.15, -0.1) is 0 Å². The molecule has 0 atom stereocenters. The molecule has 3 heteroatoms. The molecule has 0 fully saturated rings. The number of benzene rings is 2. The highest BCUT2D eigenvalue weighted by Gasteiger charge is 2.12. The van der Waals surface area contributed by atoms with Crippen LogP contribution in [-0.4, -0.2) is 5.78 Å². The van der Waals surface area contributed by atoms with Crippen LogP contribution in [0, 0.1) is 5.82 Å². The molecule has 0 aliphatic carbocycles. The minimum absolute atomic E-state index is 0.181. The van der Waals surface area contributed by atoms with E-state index in [1.165, 1.54) is 19.1 Å². The summed E-state index contributed by atoms with van der Waals surface area (Å²) in [4.78, 5) is 11.5. The molecule has 0 N–H and O–H groups in total. The van der Waals surface area contributed by atoms with Crippen molar-refractivity contribution < 1.29 is 9.18 Å². The zero-order chi connectivity index (χ0) is 12.4. The molecule has 86 valence electrons. The fourth-order valence-electron chi connectivity index (χ4n) is 1.72. The van der Waals surface area contributed by atoms with Gasteiger partial charge in [0.1, 0.15) is 5.82 Å². The van der Waals surface area contributed by atoms with Gasteiger partial charge in [0.25, 0.3) is 0 Å². The quantitative estimate of drug-likeness (QED) is 0.722. The maximum absolute atomic E-state index is 13.1. The van der Waals surface area contributed by atoms with Crippen molar-refractivity contribution in [1.82, 2.24) is 0 Å². The van der Waals surface area contributed by atoms with Crippen LogP contribution in [0.25, 0.3) is 11.1 Å². The number of hydrogen-bond donors (Lipinski definition) is 0. The van der Waals surface area contributed by atoms with Gasteiger partial charge in [-0.3, -0.25) is 4.79 Å². The third kappa shape index (κ3) is 2.37. The maximum Gasteiger partial charge on any atom is 0.160 e. The molecule has 17 heavy (non-hydrogen) atoms. The van der Waals surface area contributed by atoms with Crippen molar-refractivity contribution in [1.29, 1.82) is 0 Å². The highest BCUT2D eigenvalue weighted by molar-refractivity contribution is 6.33. The summed E-state index contributed by atoms with van der Waals surface area (Å²) in [6.45, 7) is 1.41. The topological polar surface area (TPSA) is 17.1 Å². The molecule has 0 aromatic heterocycles. The lowest BCUT2D eigenvalue weighted by Gasteiger charge is -2.09. The molecule has 0 heterocycles. The van der Waals surface area contributed by atoms with Crippen molar-refractivity contribution in [3.8, 4) is 11.1 Å². The van der Waals surface area contributed by atoms with Gasteiger partial charge in [-0.1, -0.05) is 35.9 Å². The van der Waals surface area contributed by atoms with Gasteiger partial charge < -0.3 is 0 Å². The smallest absolute Gasteiger partial charge is 0.160 e. The second kappa shape index (κ2) is 4.68. The van der Waals surface area contributed by atoms with E-state index in [-0.39, 0.29) is 5.78 Å². The molecule has 0 spiro atoms. The zero-order valence-electron chi connectivity index (χ0n) is 9.21. The molecule has 2 aromatic rings. The molecule has 0 amide bonds. The molecule has 0 unspecified atom stereocenters. The van der Waals surface area contributed by atoms with E-state index in [0.29, 0.717) is 16.1 Å². The van der Waals surface area contributed by atoms with Crippen LogP contribution in [-0.2, 0) is 0 Å². The number of hydrogen-bond acceptors (Lipinski definition) is 1. The van der Waals surface area contributed by atoms with Crippen molar-refractivity contribution in [3.63, 3.8) is 0 Å². The van der Waals surface area contributed by atoms with Gasteiger partial charge in [0.15, 0.2) is 5.78 Å². The van der Waals surface area contributed by atoms with E-state index in [4.69, 9.17) is 11.6 Å². The summed E-state index contributed by atoms with van der Waals surface area (Å²) >= 11 is 6.07. The Morgan fingerprint density at radius 3 is 2.47 bits per heavy atom. The molecule has 1 nitrogen and oxygen atoms in total. The van der Waals surface area contributed by atoms with Gasteiger partial charge in [-0.05, 0) is 30.7 Å². The van der Waals surface area contributed by atoms with Gasteiger partial charge in [0, 0.05) is 16.1 Å². The minimum atomic E-state index is -0.425. The number of Topliss-reactive ketones (excluding diaryl/α,β-unsaturated/α-hetero) is 1. The first-order valence-corrected chi connectivity index (χ1v) is 5.53. The molecule has 0 aliphatic rings. The summed E-state index contributed by atoms with van der Waals surface area (Å²) in [7, 11) is 0. The lowest BCUT2D eigenvalue weighted by Crippen LogP contribution is -1.97. The average molecular weight is 249 g/mol. The number of rotatable bonds is 2. The van der Waals surface area contributed by atoms with E-state index in [9.17, 15) is 9.18 Å². The van der Waals surface area contributed by atoms with Gasteiger partial charge in [0.2, 0.25) is 0 Å². The standard InChI is InChI=1S/C14H10ClFO/c1-9(17)13-8-10(16)6-7-11(13)12-4-2-3-5-14(12)15/h2-8H,1H3. The van der Waals surface area contributed by atoms with Crippen LogP contribution in [0.1, 0.15) is 17.3 Å². The zero-order valence-corrected chi connectivity index (χ0v) is 9.96. The third-order valence-corrected chi connectivity index (χ3v) is 2.85. The number of carbonyl (C=O) groups excluding carboxylic acids is 1. The Bertz CT molecular complexity index is 578. The van der Waals surface area contributed by atoms with Gasteiger partial charge in [-0.25, -0.2) is 4.39 Å². The van der Waals surface area contributed by atoms with Crippen molar-refractivity contribution >= 4 is 17.4 Å². The fraction of sp³-hybridized carbons (Fsp3) is 0.0714. The summed E-state index contributed by atoms with van der Waals surface area (Å²) in [5.41, 5.74) is 1.74. The van der Waals surface area contributed by atoms with Gasteiger partial charge in [-0.2, -0.15) is 0 Å². The van der Waals surface area contributed by atoms with E-state index in [1.54, 1.807) is 12.1 Å². The first-order valence-electron chi connectivity index (χ1n) is 5.15. The molecule has 0 saturated heterocycles. The fourth-order valence-corrected chi connectivity index (χ4v) is 1.96. The lowest BCUT2D eigenvalue weighted by atomic mass is 9.97. The van der Waals surface area contributed by atoms with E-state index < -0.39 is 5.82 Å². The molecule has 2 aromatic carbocycles. The van der Waals surface area contributed by atoms with Crippen LogP contribution in [0.4, 0.5) is 4.39 Å². The predicted molar refractivity (Wildman–Crippen MR) is 66.9 cm³/mol. The molecule has 0 saturated carbocycles. The van der Waals surface area contributed by atoms with E-state index in [0.717, 1.165) is 5.56 Å². The molecule has 2 rings (SSSR count). The van der Waals surface area contributed by atoms with E-state index in [2.05, 4.69) is 0 Å². The van der Waals surface area contributed by atoms with E-state index in [1.807, 2.05) is 18.2 Å². The first-order chi connectivity index (χ1) is 8.09. The Kier molecular flexibility index (Phi) is 3.25. The molecule has 0 radical (unpaired) electrons. The Balaban J connectivity index is 2.68. The largest absolute Gasteiger partial charge is 0.294 e. The Morgan fingerprint density at radius 1 is 1.12 bits per heavy atom. The normalized spacial score (nSPS) is 10.3. The van der Waals surface area contributed by atoms with Gasteiger partial charge in [0.05, 0.1) is 0 Å². The number of carbonyl (C=O) groups is 1. The monoisotopic (exact) mass is 248 g/mol. The van der Waals surface area contributed by atoms with Gasteiger partial charge >= 0.3 is 0 Å². The second-order valence-electron chi connectivity index (χ2n) is 3.73. The van der Waals surface area contributed by atoms with E-state index >= 15 is 0 Å². The van der Waals surface area contributed by atoms with Crippen LogP contribution in [0.5, 0.6) is 0 Å². The van der Waals surface area contributed by atoms with Crippen LogP contribution >= 0.6 is 11.6 Å². The Morgan fingerprint density at radius 2 is 1.82 bits per heavy atom. The molecular weight excluding hydrogens is 239 g/mol. The minimum Gasteiger partial charge on any atom is -0.294 e. The van der Waals surface area contributed by atoms with Crippen molar-refractivity contribution in [2.45, 2.75) is 6.92 Å². The number of ketones is 1.